The highest BCUT2D eigenvalue weighted by Crippen LogP contribution is 2.28. The molecule has 0 saturated heterocycles. The maximum absolute atomic E-state index is 13.7. The lowest BCUT2D eigenvalue weighted by Gasteiger charge is -2.13. The molecule has 118 valence electrons. The molecule has 0 atom stereocenters. The summed E-state index contributed by atoms with van der Waals surface area (Å²) in [6.07, 6.45) is 0. The smallest absolute Gasteiger partial charge is 0.262 e. The molecule has 7 heteroatoms. The Kier molecular flexibility index (Phi) is 4.56. The standard InChI is InChI=1S/C15H16FNO4S/c1-10-4-6-15(21-3)13(8-10)17-22(18,19)11-5-7-14(20-2)12(16)9-11/h4-9,17H,1-3H3. The van der Waals surface area contributed by atoms with Crippen LogP contribution in [0.1, 0.15) is 5.56 Å². The summed E-state index contributed by atoms with van der Waals surface area (Å²) in [5, 5.41) is 0. The first-order valence-electron chi connectivity index (χ1n) is 6.38. The minimum Gasteiger partial charge on any atom is -0.495 e. The molecule has 2 rings (SSSR count). The van der Waals surface area contributed by atoms with Crippen LogP contribution in [0, 0.1) is 12.7 Å². The van der Waals surface area contributed by atoms with Gasteiger partial charge in [-0.3, -0.25) is 4.72 Å². The van der Waals surface area contributed by atoms with Crippen molar-refractivity contribution in [1.82, 2.24) is 0 Å². The molecular formula is C15H16FNO4S. The number of halogens is 1. The Labute approximate surface area is 128 Å². The molecule has 2 aromatic carbocycles. The van der Waals surface area contributed by atoms with Gasteiger partial charge in [-0.1, -0.05) is 6.07 Å². The Balaban J connectivity index is 2.40. The van der Waals surface area contributed by atoms with E-state index in [-0.39, 0.29) is 10.6 Å². The number of aryl methyl sites for hydroxylation is 1. The maximum atomic E-state index is 13.7. The van der Waals surface area contributed by atoms with Crippen molar-refractivity contribution in [3.63, 3.8) is 0 Å². The van der Waals surface area contributed by atoms with E-state index < -0.39 is 15.8 Å². The molecule has 0 spiro atoms. The topological polar surface area (TPSA) is 64.6 Å². The van der Waals surface area contributed by atoms with Gasteiger partial charge < -0.3 is 9.47 Å². The second kappa shape index (κ2) is 6.23. The van der Waals surface area contributed by atoms with Gasteiger partial charge in [0.25, 0.3) is 10.0 Å². The number of anilines is 1. The fraction of sp³-hybridized carbons (Fsp3) is 0.200. The van der Waals surface area contributed by atoms with Gasteiger partial charge in [-0.25, -0.2) is 12.8 Å². The molecule has 0 bridgehead atoms. The number of rotatable bonds is 5. The van der Waals surface area contributed by atoms with Gasteiger partial charge in [0, 0.05) is 0 Å². The second-order valence-electron chi connectivity index (χ2n) is 4.61. The van der Waals surface area contributed by atoms with Crippen molar-refractivity contribution in [1.29, 1.82) is 0 Å². The van der Waals surface area contributed by atoms with Gasteiger partial charge in [0.15, 0.2) is 11.6 Å². The molecule has 0 fully saturated rings. The highest BCUT2D eigenvalue weighted by molar-refractivity contribution is 7.92. The Morgan fingerprint density at radius 1 is 1.00 bits per heavy atom. The summed E-state index contributed by atoms with van der Waals surface area (Å²) < 4.78 is 50.7. The third-order valence-electron chi connectivity index (χ3n) is 3.03. The summed E-state index contributed by atoms with van der Waals surface area (Å²) >= 11 is 0. The molecule has 0 aliphatic rings. The molecule has 0 heterocycles. The van der Waals surface area contributed by atoms with E-state index in [1.165, 1.54) is 26.4 Å². The number of nitrogens with one attached hydrogen (secondary N) is 1. The lowest BCUT2D eigenvalue weighted by molar-refractivity contribution is 0.385. The van der Waals surface area contributed by atoms with Gasteiger partial charge in [0.1, 0.15) is 5.75 Å². The van der Waals surface area contributed by atoms with Crippen LogP contribution < -0.4 is 14.2 Å². The van der Waals surface area contributed by atoms with Gasteiger partial charge in [-0.15, -0.1) is 0 Å². The highest BCUT2D eigenvalue weighted by Gasteiger charge is 2.18. The van der Waals surface area contributed by atoms with Crippen LogP contribution in [0.4, 0.5) is 10.1 Å². The Morgan fingerprint density at radius 2 is 1.64 bits per heavy atom. The lowest BCUT2D eigenvalue weighted by Crippen LogP contribution is -2.14. The lowest BCUT2D eigenvalue weighted by atomic mass is 10.2. The summed E-state index contributed by atoms with van der Waals surface area (Å²) in [6, 6.07) is 8.52. The highest BCUT2D eigenvalue weighted by atomic mass is 32.2. The zero-order valence-corrected chi connectivity index (χ0v) is 13.2. The molecule has 0 unspecified atom stereocenters. The van der Waals surface area contributed by atoms with Crippen LogP contribution in [0.15, 0.2) is 41.3 Å². The van der Waals surface area contributed by atoms with Crippen LogP contribution in [0.25, 0.3) is 0 Å². The van der Waals surface area contributed by atoms with Crippen molar-refractivity contribution < 1.29 is 22.3 Å². The molecule has 22 heavy (non-hydrogen) atoms. The van der Waals surface area contributed by atoms with E-state index in [9.17, 15) is 12.8 Å². The third-order valence-corrected chi connectivity index (χ3v) is 4.40. The van der Waals surface area contributed by atoms with Crippen LogP contribution in [0.3, 0.4) is 0 Å². The van der Waals surface area contributed by atoms with E-state index in [0.717, 1.165) is 11.6 Å². The molecule has 5 nitrogen and oxygen atoms in total. The number of hydrogen-bond donors (Lipinski definition) is 1. The molecule has 0 saturated carbocycles. The van der Waals surface area contributed by atoms with E-state index in [2.05, 4.69) is 4.72 Å². The fourth-order valence-electron chi connectivity index (χ4n) is 1.92. The SMILES string of the molecule is COc1ccc(S(=O)(=O)Nc2cc(C)ccc2OC)cc1F. The van der Waals surface area contributed by atoms with Crippen molar-refractivity contribution in [2.75, 3.05) is 18.9 Å². The first kappa shape index (κ1) is 16.1. The minimum atomic E-state index is -3.94. The van der Waals surface area contributed by atoms with Gasteiger partial charge in [0.2, 0.25) is 0 Å². The Bertz CT molecular complexity index is 790. The largest absolute Gasteiger partial charge is 0.495 e. The predicted molar refractivity (Wildman–Crippen MR) is 81.5 cm³/mol. The van der Waals surface area contributed by atoms with E-state index >= 15 is 0 Å². The van der Waals surface area contributed by atoms with Gasteiger partial charge in [-0.05, 0) is 42.8 Å². The monoisotopic (exact) mass is 325 g/mol. The molecule has 2 aromatic rings. The van der Waals surface area contributed by atoms with Crippen molar-refractivity contribution in [2.45, 2.75) is 11.8 Å². The van der Waals surface area contributed by atoms with Gasteiger partial charge in [0.05, 0.1) is 24.8 Å². The van der Waals surface area contributed by atoms with E-state index in [1.807, 2.05) is 6.92 Å². The number of sulfonamides is 1. The van der Waals surface area contributed by atoms with Crippen LogP contribution in [0.2, 0.25) is 0 Å². The van der Waals surface area contributed by atoms with Crippen molar-refractivity contribution >= 4 is 15.7 Å². The number of methoxy groups -OCH3 is 2. The van der Waals surface area contributed by atoms with Crippen molar-refractivity contribution in [3.8, 4) is 11.5 Å². The number of ether oxygens (including phenoxy) is 2. The van der Waals surface area contributed by atoms with Crippen LogP contribution >= 0.6 is 0 Å². The molecule has 0 aliphatic heterocycles. The zero-order valence-electron chi connectivity index (χ0n) is 12.4. The fourth-order valence-corrected chi connectivity index (χ4v) is 2.99. The molecule has 0 aliphatic carbocycles. The first-order valence-corrected chi connectivity index (χ1v) is 7.86. The predicted octanol–water partition coefficient (Wildman–Crippen LogP) is 2.95. The first-order chi connectivity index (χ1) is 10.4. The summed E-state index contributed by atoms with van der Waals surface area (Å²) in [5.74, 6) is -0.392. The number of hydrogen-bond acceptors (Lipinski definition) is 4. The van der Waals surface area contributed by atoms with Crippen LogP contribution in [-0.4, -0.2) is 22.6 Å². The molecule has 0 aromatic heterocycles. The summed E-state index contributed by atoms with van der Waals surface area (Å²) in [4.78, 5) is -0.200. The minimum absolute atomic E-state index is 0.0212. The van der Waals surface area contributed by atoms with Crippen LogP contribution in [0.5, 0.6) is 11.5 Å². The van der Waals surface area contributed by atoms with Crippen LogP contribution in [-0.2, 0) is 10.0 Å². The average Bonchev–Trinajstić information content (AvgIpc) is 2.47. The summed E-state index contributed by atoms with van der Waals surface area (Å²) in [6.45, 7) is 1.82. The molecule has 1 N–H and O–H groups in total. The second-order valence-corrected chi connectivity index (χ2v) is 6.29. The third kappa shape index (κ3) is 3.30. The maximum Gasteiger partial charge on any atom is 0.262 e. The van der Waals surface area contributed by atoms with Gasteiger partial charge >= 0.3 is 0 Å². The zero-order chi connectivity index (χ0) is 16.3. The molecule has 0 amide bonds. The molecule has 0 radical (unpaired) electrons. The average molecular weight is 325 g/mol. The Hall–Kier alpha value is -2.28. The van der Waals surface area contributed by atoms with E-state index in [0.29, 0.717) is 11.4 Å². The van der Waals surface area contributed by atoms with E-state index in [1.54, 1.807) is 18.2 Å². The van der Waals surface area contributed by atoms with E-state index in [4.69, 9.17) is 9.47 Å². The van der Waals surface area contributed by atoms with Crippen molar-refractivity contribution in [2.24, 2.45) is 0 Å². The van der Waals surface area contributed by atoms with Gasteiger partial charge in [-0.2, -0.15) is 0 Å². The summed E-state index contributed by atoms with van der Waals surface area (Å²) in [7, 11) is -1.19. The number of benzene rings is 2. The molecular weight excluding hydrogens is 309 g/mol. The quantitative estimate of drug-likeness (QED) is 0.918. The Morgan fingerprint density at radius 3 is 2.23 bits per heavy atom. The summed E-state index contributed by atoms with van der Waals surface area (Å²) in [5.41, 5.74) is 1.15. The van der Waals surface area contributed by atoms with Crippen molar-refractivity contribution in [3.05, 3.63) is 47.8 Å². The normalized spacial score (nSPS) is 11.1.